The van der Waals surface area contributed by atoms with Crippen LogP contribution in [-0.2, 0) is 11.3 Å². The Morgan fingerprint density at radius 1 is 1.40 bits per heavy atom. The molecule has 0 radical (unpaired) electrons. The predicted octanol–water partition coefficient (Wildman–Crippen LogP) is 3.78. The van der Waals surface area contributed by atoms with Crippen molar-refractivity contribution in [2.45, 2.75) is 45.2 Å². The van der Waals surface area contributed by atoms with E-state index in [1.807, 2.05) is 24.3 Å². The maximum Gasteiger partial charge on any atom is 0.263 e. The van der Waals surface area contributed by atoms with Crippen molar-refractivity contribution >= 4 is 17.5 Å². The van der Waals surface area contributed by atoms with Gasteiger partial charge in [-0.3, -0.25) is 4.79 Å². The summed E-state index contributed by atoms with van der Waals surface area (Å²) in [5, 5.41) is 15.9. The lowest BCUT2D eigenvalue weighted by molar-refractivity contribution is -0.117. The number of carbonyl (C=O) groups excluding carboxylic acids is 1. The first kappa shape index (κ1) is 17.8. The summed E-state index contributed by atoms with van der Waals surface area (Å²) in [6.07, 6.45) is 6.89. The number of halogens is 1. The number of hydrogen-bond acceptors (Lipinski definition) is 3. The molecule has 2 saturated carbocycles. The van der Waals surface area contributed by atoms with E-state index in [1.165, 1.54) is 25.7 Å². The molecule has 1 aromatic carbocycles. The van der Waals surface area contributed by atoms with Crippen LogP contribution in [0.4, 0.5) is 0 Å². The van der Waals surface area contributed by atoms with E-state index in [0.29, 0.717) is 17.5 Å². The van der Waals surface area contributed by atoms with Crippen molar-refractivity contribution in [2.75, 3.05) is 0 Å². The van der Waals surface area contributed by atoms with E-state index in [-0.39, 0.29) is 17.5 Å². The first-order chi connectivity index (χ1) is 12.1. The van der Waals surface area contributed by atoms with Gasteiger partial charge in [-0.2, -0.15) is 5.26 Å². The van der Waals surface area contributed by atoms with E-state index in [4.69, 9.17) is 11.6 Å². The van der Waals surface area contributed by atoms with Gasteiger partial charge in [0, 0.05) is 23.8 Å². The zero-order valence-electron chi connectivity index (χ0n) is 14.5. The maximum absolute atomic E-state index is 12.2. The number of hydrogen-bond donors (Lipinski definition) is 2. The summed E-state index contributed by atoms with van der Waals surface area (Å²) in [4.78, 5) is 12.2. The van der Waals surface area contributed by atoms with Crippen LogP contribution in [0.25, 0.3) is 0 Å². The summed E-state index contributed by atoms with van der Waals surface area (Å²) in [6.45, 7) is 2.46. The van der Waals surface area contributed by atoms with Crippen LogP contribution < -0.4 is 10.6 Å². The van der Waals surface area contributed by atoms with Crippen molar-refractivity contribution in [3.05, 3.63) is 46.6 Å². The predicted molar refractivity (Wildman–Crippen MR) is 98.5 cm³/mol. The van der Waals surface area contributed by atoms with Gasteiger partial charge in [0.05, 0.1) is 0 Å². The van der Waals surface area contributed by atoms with Crippen LogP contribution >= 0.6 is 11.6 Å². The third kappa shape index (κ3) is 4.16. The van der Waals surface area contributed by atoms with Gasteiger partial charge in [-0.25, -0.2) is 0 Å². The van der Waals surface area contributed by atoms with Crippen LogP contribution in [0.2, 0.25) is 5.02 Å². The summed E-state index contributed by atoms with van der Waals surface area (Å²) in [5.41, 5.74) is 0.931. The lowest BCUT2D eigenvalue weighted by atomic mass is 9.84. The Bertz CT molecular complexity index is 709. The Kier molecular flexibility index (Phi) is 5.65. The summed E-state index contributed by atoms with van der Waals surface area (Å²) in [7, 11) is 0. The highest BCUT2D eigenvalue weighted by molar-refractivity contribution is 6.31. The summed E-state index contributed by atoms with van der Waals surface area (Å²) in [5.74, 6) is 1.97. The molecule has 4 nitrogen and oxygen atoms in total. The fourth-order valence-corrected chi connectivity index (χ4v) is 4.51. The van der Waals surface area contributed by atoms with Gasteiger partial charge in [0.2, 0.25) is 0 Å². The van der Waals surface area contributed by atoms with Crippen LogP contribution in [-0.4, -0.2) is 11.9 Å². The normalized spacial score (nSPS) is 26.1. The number of nitriles is 1. The molecule has 2 N–H and O–H groups in total. The zero-order valence-corrected chi connectivity index (χ0v) is 15.2. The Balaban J connectivity index is 1.54. The number of rotatable bonds is 6. The van der Waals surface area contributed by atoms with Gasteiger partial charge >= 0.3 is 0 Å². The van der Waals surface area contributed by atoms with Crippen molar-refractivity contribution in [3.8, 4) is 6.07 Å². The molecule has 2 bridgehead atoms. The molecule has 0 heterocycles. The van der Waals surface area contributed by atoms with Crippen molar-refractivity contribution in [1.82, 2.24) is 10.6 Å². The topological polar surface area (TPSA) is 64.9 Å². The van der Waals surface area contributed by atoms with Crippen LogP contribution in [0.1, 0.15) is 38.2 Å². The van der Waals surface area contributed by atoms with Gasteiger partial charge in [-0.1, -0.05) is 36.2 Å². The van der Waals surface area contributed by atoms with E-state index < -0.39 is 0 Å². The Morgan fingerprint density at radius 2 is 2.20 bits per heavy atom. The molecule has 1 amide bonds. The van der Waals surface area contributed by atoms with E-state index in [0.717, 1.165) is 17.4 Å². The quantitative estimate of drug-likeness (QED) is 0.601. The second kappa shape index (κ2) is 7.93. The molecule has 5 heteroatoms. The average molecular weight is 358 g/mol. The number of nitrogens with one attached hydrogen (secondary N) is 2. The largest absolute Gasteiger partial charge is 0.387 e. The fraction of sp³-hybridized carbons (Fsp3) is 0.500. The molecule has 3 rings (SSSR count). The third-order valence-electron chi connectivity index (χ3n) is 5.69. The van der Waals surface area contributed by atoms with Crippen molar-refractivity contribution in [1.29, 1.82) is 5.26 Å². The minimum atomic E-state index is -0.380. The van der Waals surface area contributed by atoms with Gasteiger partial charge in [-0.05, 0) is 55.6 Å². The standard InChI is InChI=1S/C20H24ClN3O/c1-13(18-9-14-6-7-15(18)8-14)23-12-17(10-22)20(25)24-11-16-4-2-3-5-19(16)21/h2-5,12-15,18,23H,6-9,11H2,1H3,(H,24,25)/b17-12-. The molecule has 2 aliphatic rings. The van der Waals surface area contributed by atoms with Crippen LogP contribution in [0.3, 0.4) is 0 Å². The molecule has 1 aromatic rings. The Morgan fingerprint density at radius 3 is 2.84 bits per heavy atom. The summed E-state index contributed by atoms with van der Waals surface area (Å²) in [6, 6.07) is 9.62. The molecule has 4 atom stereocenters. The van der Waals surface area contributed by atoms with Gasteiger partial charge < -0.3 is 10.6 Å². The molecule has 4 unspecified atom stereocenters. The smallest absolute Gasteiger partial charge is 0.263 e. The second-order valence-electron chi connectivity index (χ2n) is 7.24. The lowest BCUT2D eigenvalue weighted by Crippen LogP contribution is -2.34. The third-order valence-corrected chi connectivity index (χ3v) is 6.06. The number of benzene rings is 1. The number of amides is 1. The molecule has 25 heavy (non-hydrogen) atoms. The van der Waals surface area contributed by atoms with Crippen molar-refractivity contribution < 1.29 is 4.79 Å². The highest BCUT2D eigenvalue weighted by atomic mass is 35.5. The lowest BCUT2D eigenvalue weighted by Gasteiger charge is -2.28. The van der Waals surface area contributed by atoms with Gasteiger partial charge in [0.25, 0.3) is 5.91 Å². The van der Waals surface area contributed by atoms with Gasteiger partial charge in [0.1, 0.15) is 11.6 Å². The Hall–Kier alpha value is -1.99. The van der Waals surface area contributed by atoms with E-state index >= 15 is 0 Å². The van der Waals surface area contributed by atoms with E-state index in [2.05, 4.69) is 17.6 Å². The highest BCUT2D eigenvalue weighted by Gasteiger charge is 2.41. The summed E-state index contributed by atoms with van der Waals surface area (Å²) < 4.78 is 0. The van der Waals surface area contributed by atoms with Gasteiger partial charge in [0.15, 0.2) is 0 Å². The molecule has 2 fully saturated rings. The van der Waals surface area contributed by atoms with E-state index in [1.54, 1.807) is 12.3 Å². The number of nitrogens with zero attached hydrogens (tertiary/aromatic N) is 1. The molecule has 0 aromatic heterocycles. The van der Waals surface area contributed by atoms with Crippen LogP contribution in [0.15, 0.2) is 36.0 Å². The summed E-state index contributed by atoms with van der Waals surface area (Å²) >= 11 is 6.08. The minimum absolute atomic E-state index is 0.0991. The van der Waals surface area contributed by atoms with Crippen molar-refractivity contribution in [2.24, 2.45) is 17.8 Å². The molecular formula is C20H24ClN3O. The SMILES string of the molecule is CC(N/C=C(/C#N)C(=O)NCc1ccccc1Cl)C1CC2CCC1C2. The number of fused-ring (bicyclic) bond motifs is 2. The fourth-order valence-electron chi connectivity index (χ4n) is 4.31. The first-order valence-corrected chi connectivity index (χ1v) is 9.34. The molecule has 132 valence electrons. The van der Waals surface area contributed by atoms with Crippen molar-refractivity contribution in [3.63, 3.8) is 0 Å². The monoisotopic (exact) mass is 357 g/mol. The molecular weight excluding hydrogens is 334 g/mol. The number of carbonyl (C=O) groups is 1. The molecule has 0 spiro atoms. The second-order valence-corrected chi connectivity index (χ2v) is 7.65. The molecule has 0 aliphatic heterocycles. The minimum Gasteiger partial charge on any atom is -0.387 e. The van der Waals surface area contributed by atoms with E-state index in [9.17, 15) is 10.1 Å². The highest BCUT2D eigenvalue weighted by Crippen LogP contribution is 2.49. The zero-order chi connectivity index (χ0) is 17.8. The van der Waals surface area contributed by atoms with Crippen LogP contribution in [0.5, 0.6) is 0 Å². The maximum atomic E-state index is 12.2. The molecule has 0 saturated heterocycles. The van der Waals surface area contributed by atoms with Crippen LogP contribution in [0, 0.1) is 29.1 Å². The Labute approximate surface area is 154 Å². The average Bonchev–Trinajstić information content (AvgIpc) is 3.24. The first-order valence-electron chi connectivity index (χ1n) is 8.96. The molecule has 2 aliphatic carbocycles. The van der Waals surface area contributed by atoms with Gasteiger partial charge in [-0.15, -0.1) is 0 Å².